The molecule has 0 aliphatic carbocycles. The maximum atomic E-state index is 11.5. The van der Waals surface area contributed by atoms with E-state index in [1.807, 2.05) is 62.4 Å². The van der Waals surface area contributed by atoms with E-state index in [9.17, 15) is 14.4 Å². The summed E-state index contributed by atoms with van der Waals surface area (Å²) < 4.78 is 4.98. The van der Waals surface area contributed by atoms with Crippen LogP contribution in [0.15, 0.2) is 50.2 Å². The fourth-order valence-electron chi connectivity index (χ4n) is 3.23. The first-order valence-electron chi connectivity index (χ1n) is 12.9. The van der Waals surface area contributed by atoms with Crippen molar-refractivity contribution in [2.75, 3.05) is 49.3 Å². The van der Waals surface area contributed by atoms with Gasteiger partial charge in [0.1, 0.15) is 16.7 Å². The molecule has 0 aromatic heterocycles. The highest BCUT2D eigenvalue weighted by molar-refractivity contribution is 5.97. The highest BCUT2D eigenvalue weighted by Crippen LogP contribution is 2.25. The Bertz CT molecular complexity index is 1060. The van der Waals surface area contributed by atoms with Gasteiger partial charge in [-0.15, -0.1) is 0 Å². The van der Waals surface area contributed by atoms with Crippen molar-refractivity contribution in [2.24, 2.45) is 15.3 Å². The topological polar surface area (TPSA) is 125 Å². The van der Waals surface area contributed by atoms with Crippen molar-refractivity contribution in [1.82, 2.24) is 15.5 Å². The van der Waals surface area contributed by atoms with E-state index in [0.717, 1.165) is 23.8 Å². The zero-order valence-electron chi connectivity index (χ0n) is 26.5. The number of hydrogen-bond donors (Lipinski definition) is 2. The third-order valence-electron chi connectivity index (χ3n) is 5.10. The number of nitrogens with zero attached hydrogens (tertiary/aromatic N) is 7. The van der Waals surface area contributed by atoms with E-state index in [1.165, 1.54) is 0 Å². The second kappa shape index (κ2) is 18.6. The van der Waals surface area contributed by atoms with Crippen LogP contribution in [0, 0.1) is 18.1 Å². The van der Waals surface area contributed by atoms with Crippen molar-refractivity contribution in [3.63, 3.8) is 0 Å². The first-order chi connectivity index (χ1) is 18.2. The van der Waals surface area contributed by atoms with Gasteiger partial charge >= 0.3 is 0 Å². The molecule has 3 amide bonds. The van der Waals surface area contributed by atoms with Crippen LogP contribution in [0.4, 0.5) is 0 Å². The molecule has 0 fully saturated rings. The van der Waals surface area contributed by atoms with Gasteiger partial charge in [-0.1, -0.05) is 41.8 Å². The van der Waals surface area contributed by atoms with Crippen molar-refractivity contribution in [3.05, 3.63) is 52.9 Å². The number of amides is 3. The minimum atomic E-state index is -0.0874. The lowest BCUT2D eigenvalue weighted by molar-refractivity contribution is -0.509. The van der Waals surface area contributed by atoms with Crippen LogP contribution in [-0.2, 0) is 14.4 Å². The highest BCUT2D eigenvalue weighted by atomic mass is 16.2. The van der Waals surface area contributed by atoms with Crippen molar-refractivity contribution in [3.8, 4) is 0 Å². The Kier molecular flexibility index (Phi) is 18.0. The molecule has 0 aromatic carbocycles. The molecule has 0 spiro atoms. The van der Waals surface area contributed by atoms with Crippen molar-refractivity contribution in [2.45, 2.75) is 55.4 Å². The van der Waals surface area contributed by atoms with E-state index in [-0.39, 0.29) is 20.6 Å². The van der Waals surface area contributed by atoms with Crippen LogP contribution in [-0.4, -0.2) is 86.0 Å². The molecule has 3 aliphatic rings. The molecule has 39 heavy (non-hydrogen) atoms. The fraction of sp³-hybridized carbons (Fsp3) is 0.556. The average molecular weight is 552 g/mol. The summed E-state index contributed by atoms with van der Waals surface area (Å²) >= 11 is 0. The fourth-order valence-corrected chi connectivity index (χ4v) is 3.23. The van der Waals surface area contributed by atoms with Crippen molar-refractivity contribution < 1.29 is 31.3 Å². The molecule has 0 saturated carbocycles. The molecule has 221 valence electrons. The van der Waals surface area contributed by atoms with Crippen LogP contribution in [0.3, 0.4) is 0 Å². The smallest absolute Gasteiger partial charge is 0.258 e. The van der Waals surface area contributed by atoms with Gasteiger partial charge in [-0.2, -0.15) is 0 Å². The molecule has 3 aliphatic heterocycles. The first-order valence-corrected chi connectivity index (χ1v) is 12.9. The summed E-state index contributed by atoms with van der Waals surface area (Å²) in [5, 5.41) is 17.4. The zero-order chi connectivity index (χ0) is 31.0. The Morgan fingerprint density at radius 2 is 1.13 bits per heavy atom. The second-order valence-corrected chi connectivity index (χ2v) is 8.13. The van der Waals surface area contributed by atoms with Crippen LogP contribution in [0.1, 0.15) is 58.2 Å². The Hall–Kier alpha value is -3.57. The lowest BCUT2D eigenvalue weighted by Gasteiger charge is -2.09. The number of hydrogen-bond acceptors (Lipinski definition) is 6. The number of allylic oxidation sites excluding steroid dienone is 1. The number of nitrogens with one attached hydrogen (secondary N) is 2. The maximum absolute atomic E-state index is 11.5. The number of azo groups is 6. The Labute approximate surface area is 237 Å². The first kappa shape index (κ1) is 37.6. The molecule has 0 unspecified atom stereocenters. The van der Waals surface area contributed by atoms with E-state index in [0.29, 0.717) is 16.7 Å². The van der Waals surface area contributed by atoms with Gasteiger partial charge in [0.2, 0.25) is 18.1 Å². The molecule has 12 heteroatoms. The Balaban J connectivity index is -0.000000230. The second-order valence-electron chi connectivity index (χ2n) is 8.13. The van der Waals surface area contributed by atoms with Crippen LogP contribution in [0.5, 0.6) is 0 Å². The van der Waals surface area contributed by atoms with Gasteiger partial charge in [0, 0.05) is 38.0 Å². The molecule has 0 atom stereocenters. The van der Waals surface area contributed by atoms with E-state index in [4.69, 9.17) is 0 Å². The lowest BCUT2D eigenvalue weighted by Crippen LogP contribution is -2.24. The molecule has 2 N–H and O–H groups in total. The number of likely N-dealkylation sites (N-methyl/N-ethyl adjacent to an activating group) is 3. The molecule has 3 heterocycles. The van der Waals surface area contributed by atoms with Crippen LogP contribution in [0.2, 0.25) is 0 Å². The standard InChI is InChI=1S/C8H13N3O.C8H12N3O.C7H10N3O.2C2H6.2H2/c1-6-7(5-11(4)9-6)8(12)10(2)3;1-5-7(8(12)9-3)6(2)11(4)10-5;1-5-6(7(11)8-2)4-10(3)9-5;2*1-2;;/h5H,1-4H3;1-4H3;4H,1-3H3;2*1-2H3;2*1H/q+1;;;;;;/p+2. The quantitative estimate of drug-likeness (QED) is 0.513. The van der Waals surface area contributed by atoms with Gasteiger partial charge in [-0.05, 0) is 36.1 Å². The predicted molar refractivity (Wildman–Crippen MR) is 155 cm³/mol. The monoisotopic (exact) mass is 551 g/mol. The largest absolute Gasteiger partial charge is 0.355 e. The lowest BCUT2D eigenvalue weighted by atomic mass is 10.1. The SMILES string of the molecule is CC.CC.CNC(=O)C1=C(C)[N+](C)=N[C]1C.CNC(=O)C1=C[N+](C)=N[C]1C.C[C]1N=[N+](C)C=C1C(=O)N(C)C.[HH].[HH]. The Morgan fingerprint density at radius 3 is 1.41 bits per heavy atom. The average Bonchev–Trinajstić information content (AvgIpc) is 3.52. The number of carbonyl (C=O) groups is 3. The molecular weight excluding hydrogens is 498 g/mol. The van der Waals surface area contributed by atoms with E-state index < -0.39 is 0 Å². The zero-order valence-corrected chi connectivity index (χ0v) is 26.5. The summed E-state index contributed by atoms with van der Waals surface area (Å²) in [6.07, 6.45) is 3.44. The van der Waals surface area contributed by atoms with Gasteiger partial charge in [0.25, 0.3) is 17.7 Å². The predicted octanol–water partition coefficient (Wildman–Crippen LogP) is 4.11. The molecule has 0 bridgehead atoms. The van der Waals surface area contributed by atoms with E-state index in [2.05, 4.69) is 26.0 Å². The summed E-state index contributed by atoms with van der Waals surface area (Å²) in [7, 11) is 12.1. The minimum Gasteiger partial charge on any atom is -0.355 e. The number of carbonyl (C=O) groups excluding carboxylic acids is 3. The summed E-state index contributed by atoms with van der Waals surface area (Å²) in [4.78, 5) is 35.4. The van der Waals surface area contributed by atoms with Gasteiger partial charge in [0.05, 0.1) is 0 Å². The van der Waals surface area contributed by atoms with Crippen molar-refractivity contribution >= 4 is 17.7 Å². The molecule has 12 nitrogen and oxygen atoms in total. The highest BCUT2D eigenvalue weighted by Gasteiger charge is 2.33. The summed E-state index contributed by atoms with van der Waals surface area (Å²) in [5.74, 6) is -0.158. The third kappa shape index (κ3) is 11.4. The third-order valence-corrected chi connectivity index (χ3v) is 5.10. The molecule has 3 rings (SSSR count). The summed E-state index contributed by atoms with van der Waals surface area (Å²) in [6, 6.07) is 2.30. The minimum absolute atomic E-state index is 0. The van der Waals surface area contributed by atoms with E-state index in [1.54, 1.807) is 73.7 Å². The van der Waals surface area contributed by atoms with Crippen LogP contribution < -0.4 is 10.6 Å². The van der Waals surface area contributed by atoms with Gasteiger partial charge in [-0.3, -0.25) is 14.4 Å². The normalized spacial score (nSPS) is 16.2. The Morgan fingerprint density at radius 1 is 0.718 bits per heavy atom. The molecule has 0 saturated heterocycles. The van der Waals surface area contributed by atoms with Crippen LogP contribution in [0.25, 0.3) is 0 Å². The molecule has 0 aromatic rings. The number of rotatable bonds is 3. The van der Waals surface area contributed by atoms with Crippen molar-refractivity contribution in [1.29, 1.82) is 0 Å². The van der Waals surface area contributed by atoms with Gasteiger partial charge in [-0.25, -0.2) is 0 Å². The van der Waals surface area contributed by atoms with E-state index >= 15 is 0 Å². The molecular formula is C27H53N9O3+3. The summed E-state index contributed by atoms with van der Waals surface area (Å²) in [6.45, 7) is 15.4. The van der Waals surface area contributed by atoms with Gasteiger partial charge in [0.15, 0.2) is 39.3 Å². The summed E-state index contributed by atoms with van der Waals surface area (Å²) in [5.41, 5.74) is 2.88. The van der Waals surface area contributed by atoms with Gasteiger partial charge < -0.3 is 15.5 Å². The van der Waals surface area contributed by atoms with Crippen LogP contribution >= 0.6 is 0 Å². The molecule has 3 radical (unpaired) electrons. The maximum Gasteiger partial charge on any atom is 0.258 e.